The van der Waals surface area contributed by atoms with E-state index >= 15 is 0 Å². The molecule has 0 spiro atoms. The Labute approximate surface area is 146 Å². The van der Waals surface area contributed by atoms with Crippen LogP contribution in [-0.2, 0) is 14.9 Å². The lowest BCUT2D eigenvalue weighted by atomic mass is 9.96. The minimum atomic E-state index is -3.78. The molecule has 0 bridgehead atoms. The number of benzene rings is 1. The van der Waals surface area contributed by atoms with Gasteiger partial charge in [0.25, 0.3) is 0 Å². The van der Waals surface area contributed by atoms with Crippen molar-refractivity contribution in [3.8, 4) is 17.2 Å². The standard InChI is InChI=1S/C15H21ClO7S/c1-24(19,20)23-13-9-10(18)8-12-14(13)11(4-6-17)15(22-12)21-7-3-2-5-16/h8-9,11,15,17-18H,2-7H2,1H3. The van der Waals surface area contributed by atoms with E-state index in [4.69, 9.17) is 25.3 Å². The number of phenolic OH excluding ortho intramolecular Hbond substituents is 1. The Morgan fingerprint density at radius 3 is 2.71 bits per heavy atom. The van der Waals surface area contributed by atoms with Crippen LogP contribution < -0.4 is 8.92 Å². The van der Waals surface area contributed by atoms with Crippen molar-refractivity contribution in [3.63, 3.8) is 0 Å². The Balaban J connectivity index is 2.27. The Morgan fingerprint density at radius 1 is 1.33 bits per heavy atom. The summed E-state index contributed by atoms with van der Waals surface area (Å²) in [7, 11) is -3.78. The molecule has 0 saturated carbocycles. The third kappa shape index (κ3) is 4.89. The number of ether oxygens (including phenoxy) is 2. The highest BCUT2D eigenvalue weighted by molar-refractivity contribution is 7.86. The van der Waals surface area contributed by atoms with Gasteiger partial charge in [0.05, 0.1) is 18.8 Å². The summed E-state index contributed by atoms with van der Waals surface area (Å²) in [6.45, 7) is 0.287. The van der Waals surface area contributed by atoms with Crippen molar-refractivity contribution >= 4 is 21.7 Å². The second-order valence-corrected chi connectivity index (χ2v) is 7.47. The summed E-state index contributed by atoms with van der Waals surface area (Å²) >= 11 is 5.63. The van der Waals surface area contributed by atoms with E-state index in [2.05, 4.69) is 0 Å². The molecule has 9 heteroatoms. The van der Waals surface area contributed by atoms with Gasteiger partial charge in [-0.3, -0.25) is 0 Å². The molecule has 1 aromatic carbocycles. The molecule has 1 aliphatic heterocycles. The fourth-order valence-corrected chi connectivity index (χ4v) is 3.24. The van der Waals surface area contributed by atoms with Crippen molar-refractivity contribution in [2.45, 2.75) is 31.5 Å². The van der Waals surface area contributed by atoms with E-state index in [1.807, 2.05) is 0 Å². The molecule has 1 aromatic rings. The van der Waals surface area contributed by atoms with Gasteiger partial charge in [0, 0.05) is 30.2 Å². The third-order valence-corrected chi connectivity index (χ3v) is 4.27. The van der Waals surface area contributed by atoms with Crippen molar-refractivity contribution in [1.82, 2.24) is 0 Å². The molecule has 0 radical (unpaired) electrons. The summed E-state index contributed by atoms with van der Waals surface area (Å²) in [6.07, 6.45) is 2.09. The number of aliphatic hydroxyl groups is 1. The molecule has 2 unspecified atom stereocenters. The van der Waals surface area contributed by atoms with Crippen LogP contribution in [0.2, 0.25) is 0 Å². The zero-order chi connectivity index (χ0) is 17.7. The van der Waals surface area contributed by atoms with Gasteiger partial charge in [-0.2, -0.15) is 8.42 Å². The first-order chi connectivity index (χ1) is 11.4. The highest BCUT2D eigenvalue weighted by Crippen LogP contribution is 2.48. The summed E-state index contributed by atoms with van der Waals surface area (Å²) in [6, 6.07) is 2.58. The highest BCUT2D eigenvalue weighted by atomic mass is 35.5. The summed E-state index contributed by atoms with van der Waals surface area (Å²) in [5.74, 6) is 0.221. The van der Waals surface area contributed by atoms with E-state index in [-0.39, 0.29) is 23.9 Å². The lowest BCUT2D eigenvalue weighted by Gasteiger charge is -2.19. The average molecular weight is 381 g/mol. The number of hydrogen-bond donors (Lipinski definition) is 2. The monoisotopic (exact) mass is 380 g/mol. The Bertz CT molecular complexity index is 662. The number of rotatable bonds is 9. The number of halogens is 1. The maximum Gasteiger partial charge on any atom is 0.306 e. The molecule has 2 rings (SSSR count). The van der Waals surface area contributed by atoms with Crippen molar-refractivity contribution in [3.05, 3.63) is 17.7 Å². The second kappa shape index (κ2) is 8.24. The fraction of sp³-hybridized carbons (Fsp3) is 0.600. The summed E-state index contributed by atoms with van der Waals surface area (Å²) in [5, 5.41) is 19.1. The summed E-state index contributed by atoms with van der Waals surface area (Å²) in [4.78, 5) is 0. The number of aromatic hydroxyl groups is 1. The normalized spacial score (nSPS) is 19.8. The number of alkyl halides is 1. The zero-order valence-corrected chi connectivity index (χ0v) is 14.8. The molecule has 2 atom stereocenters. The van der Waals surface area contributed by atoms with E-state index in [0.717, 1.165) is 19.1 Å². The third-order valence-electron chi connectivity index (χ3n) is 3.52. The Kier molecular flexibility index (Phi) is 6.56. The molecule has 1 heterocycles. The molecular weight excluding hydrogens is 360 g/mol. The molecule has 0 aliphatic carbocycles. The molecule has 136 valence electrons. The predicted molar refractivity (Wildman–Crippen MR) is 88.3 cm³/mol. The van der Waals surface area contributed by atoms with E-state index < -0.39 is 22.3 Å². The van der Waals surface area contributed by atoms with E-state index in [1.54, 1.807) is 0 Å². The Hall–Kier alpha value is -1.22. The Morgan fingerprint density at radius 2 is 2.08 bits per heavy atom. The minimum absolute atomic E-state index is 0.0159. The first kappa shape index (κ1) is 19.1. The zero-order valence-electron chi connectivity index (χ0n) is 13.3. The van der Waals surface area contributed by atoms with Crippen LogP contribution in [0.15, 0.2) is 12.1 Å². The predicted octanol–water partition coefficient (Wildman–Crippen LogP) is 1.95. The van der Waals surface area contributed by atoms with Gasteiger partial charge in [0.1, 0.15) is 11.5 Å². The van der Waals surface area contributed by atoms with Crippen molar-refractivity contribution in [1.29, 1.82) is 0 Å². The van der Waals surface area contributed by atoms with Crippen LogP contribution in [-0.4, -0.2) is 50.3 Å². The lowest BCUT2D eigenvalue weighted by molar-refractivity contribution is -0.0850. The van der Waals surface area contributed by atoms with Crippen molar-refractivity contribution in [2.24, 2.45) is 0 Å². The number of aliphatic hydroxyl groups excluding tert-OH is 1. The van der Waals surface area contributed by atoms with Gasteiger partial charge in [-0.25, -0.2) is 0 Å². The van der Waals surface area contributed by atoms with E-state index in [1.165, 1.54) is 12.1 Å². The van der Waals surface area contributed by atoms with Crippen LogP contribution in [0.4, 0.5) is 0 Å². The van der Waals surface area contributed by atoms with Gasteiger partial charge in [0.2, 0.25) is 6.29 Å². The molecular formula is C15H21ClO7S. The number of phenols is 1. The van der Waals surface area contributed by atoms with Gasteiger partial charge in [-0.1, -0.05) is 0 Å². The van der Waals surface area contributed by atoms with Crippen LogP contribution in [0.3, 0.4) is 0 Å². The van der Waals surface area contributed by atoms with Crippen LogP contribution in [0.5, 0.6) is 17.2 Å². The minimum Gasteiger partial charge on any atom is -0.508 e. The maximum atomic E-state index is 11.5. The number of hydrogen-bond acceptors (Lipinski definition) is 7. The number of fused-ring (bicyclic) bond motifs is 1. The molecule has 0 aromatic heterocycles. The van der Waals surface area contributed by atoms with Crippen molar-refractivity contribution in [2.75, 3.05) is 25.3 Å². The average Bonchev–Trinajstić information content (AvgIpc) is 2.80. The maximum absolute atomic E-state index is 11.5. The second-order valence-electron chi connectivity index (χ2n) is 5.52. The first-order valence-electron chi connectivity index (χ1n) is 7.57. The number of unbranched alkanes of at least 4 members (excludes halogenated alkanes) is 1. The van der Waals surface area contributed by atoms with Gasteiger partial charge in [-0.15, -0.1) is 11.6 Å². The molecule has 2 N–H and O–H groups in total. The quantitative estimate of drug-likeness (QED) is 0.383. The smallest absolute Gasteiger partial charge is 0.306 e. The van der Waals surface area contributed by atoms with Crippen molar-refractivity contribution < 1.29 is 32.3 Å². The topological polar surface area (TPSA) is 102 Å². The van der Waals surface area contributed by atoms with E-state index in [0.29, 0.717) is 24.5 Å². The fourth-order valence-electron chi connectivity index (χ4n) is 2.59. The summed E-state index contributed by atoms with van der Waals surface area (Å²) in [5.41, 5.74) is 0.467. The van der Waals surface area contributed by atoms with E-state index in [9.17, 15) is 18.6 Å². The summed E-state index contributed by atoms with van der Waals surface area (Å²) < 4.78 is 39.3. The molecule has 7 nitrogen and oxygen atoms in total. The molecule has 0 amide bonds. The van der Waals surface area contributed by atoms with Crippen LogP contribution in [0, 0.1) is 0 Å². The molecule has 0 saturated heterocycles. The molecule has 1 aliphatic rings. The van der Waals surface area contributed by atoms with Gasteiger partial charge in [0.15, 0.2) is 5.75 Å². The van der Waals surface area contributed by atoms with Crippen LogP contribution in [0.1, 0.15) is 30.7 Å². The first-order valence-corrected chi connectivity index (χ1v) is 9.92. The largest absolute Gasteiger partial charge is 0.508 e. The van der Waals surface area contributed by atoms with Crippen LogP contribution >= 0.6 is 11.6 Å². The van der Waals surface area contributed by atoms with Gasteiger partial charge < -0.3 is 23.9 Å². The SMILES string of the molecule is CS(=O)(=O)Oc1cc(O)cc2c1C(CCO)C(OCCCCCl)O2. The highest BCUT2D eigenvalue weighted by Gasteiger charge is 2.38. The van der Waals surface area contributed by atoms with Gasteiger partial charge in [-0.05, 0) is 19.3 Å². The molecule has 24 heavy (non-hydrogen) atoms. The molecule has 0 fully saturated rings. The van der Waals surface area contributed by atoms with Gasteiger partial charge >= 0.3 is 10.1 Å². The van der Waals surface area contributed by atoms with Crippen LogP contribution in [0.25, 0.3) is 0 Å². The lowest BCUT2D eigenvalue weighted by Crippen LogP contribution is -2.24.